The Labute approximate surface area is 123 Å². The number of hydrogen-bond donors (Lipinski definition) is 1. The van der Waals surface area contributed by atoms with Crippen molar-refractivity contribution in [1.29, 1.82) is 0 Å². The van der Waals surface area contributed by atoms with Crippen LogP contribution >= 0.6 is 11.6 Å². The van der Waals surface area contributed by atoms with Gasteiger partial charge >= 0.3 is 5.97 Å². The number of esters is 1. The molecule has 3 nitrogen and oxygen atoms in total. The lowest BCUT2D eigenvalue weighted by molar-refractivity contribution is 0.0467. The molecule has 2 rings (SSSR count). The maximum absolute atomic E-state index is 13.5. The summed E-state index contributed by atoms with van der Waals surface area (Å²) in [7, 11) is 0. The van der Waals surface area contributed by atoms with Gasteiger partial charge in [-0.25, -0.2) is 18.0 Å². The largest absolute Gasteiger partial charge is 0.457 e. The molecule has 0 saturated carbocycles. The fourth-order valence-electron chi connectivity index (χ4n) is 1.58. The topological polar surface area (TPSA) is 52.3 Å². The van der Waals surface area contributed by atoms with E-state index in [-0.39, 0.29) is 11.6 Å². The molecular weight excluding hydrogens is 307 g/mol. The maximum Gasteiger partial charge on any atom is 0.341 e. The number of nitrogens with two attached hydrogens (primary N) is 1. The average Bonchev–Trinajstić information content (AvgIpc) is 2.41. The minimum atomic E-state index is -1.08. The van der Waals surface area contributed by atoms with Crippen LogP contribution in [0, 0.1) is 17.5 Å². The van der Waals surface area contributed by atoms with Crippen LogP contribution in [0.5, 0.6) is 0 Å². The van der Waals surface area contributed by atoms with Crippen molar-refractivity contribution < 1.29 is 22.7 Å². The first-order valence-corrected chi connectivity index (χ1v) is 6.12. The van der Waals surface area contributed by atoms with Crippen LogP contribution in [-0.4, -0.2) is 5.97 Å². The minimum Gasteiger partial charge on any atom is -0.457 e. The lowest BCUT2D eigenvalue weighted by Gasteiger charge is -2.08. The highest BCUT2D eigenvalue weighted by Gasteiger charge is 2.17. The average molecular weight is 316 g/mol. The van der Waals surface area contributed by atoms with Gasteiger partial charge in [0.25, 0.3) is 0 Å². The zero-order valence-electron chi connectivity index (χ0n) is 10.5. The van der Waals surface area contributed by atoms with Crippen LogP contribution in [0.4, 0.5) is 18.9 Å². The Bertz CT molecular complexity index is 707. The second-order valence-electron chi connectivity index (χ2n) is 4.17. The fourth-order valence-corrected chi connectivity index (χ4v) is 1.80. The van der Waals surface area contributed by atoms with E-state index in [0.717, 1.165) is 12.1 Å². The molecule has 0 aromatic heterocycles. The highest BCUT2D eigenvalue weighted by molar-refractivity contribution is 6.31. The molecule has 0 saturated heterocycles. The summed E-state index contributed by atoms with van der Waals surface area (Å²) in [4.78, 5) is 11.7. The number of carbonyl (C=O) groups excluding carboxylic acids is 1. The summed E-state index contributed by atoms with van der Waals surface area (Å²) in [5.41, 5.74) is 4.51. The first-order valence-electron chi connectivity index (χ1n) is 5.74. The number of anilines is 1. The van der Waals surface area contributed by atoms with Crippen molar-refractivity contribution in [2.45, 2.75) is 6.61 Å². The van der Waals surface area contributed by atoms with E-state index in [2.05, 4.69) is 0 Å². The summed E-state index contributed by atoms with van der Waals surface area (Å²) < 4.78 is 44.4. The van der Waals surface area contributed by atoms with Gasteiger partial charge in [0, 0.05) is 11.6 Å². The summed E-state index contributed by atoms with van der Waals surface area (Å²) in [6, 6.07) is 4.85. The van der Waals surface area contributed by atoms with Crippen LogP contribution in [0.15, 0.2) is 30.3 Å². The smallest absolute Gasteiger partial charge is 0.341 e. The summed E-state index contributed by atoms with van der Waals surface area (Å²) in [5.74, 6) is -3.54. The monoisotopic (exact) mass is 315 g/mol. The van der Waals surface area contributed by atoms with E-state index in [1.807, 2.05) is 0 Å². The van der Waals surface area contributed by atoms with Crippen LogP contribution in [0.2, 0.25) is 5.02 Å². The van der Waals surface area contributed by atoms with Gasteiger partial charge < -0.3 is 10.5 Å². The van der Waals surface area contributed by atoms with Crippen molar-refractivity contribution in [3.05, 3.63) is 63.9 Å². The number of benzene rings is 2. The zero-order chi connectivity index (χ0) is 15.6. The molecule has 0 heterocycles. The lowest BCUT2D eigenvalue weighted by Crippen LogP contribution is -2.09. The van der Waals surface area contributed by atoms with Gasteiger partial charge in [0.15, 0.2) is 0 Å². The van der Waals surface area contributed by atoms with Crippen molar-refractivity contribution in [2.75, 3.05) is 5.73 Å². The molecule has 0 radical (unpaired) electrons. The molecule has 110 valence electrons. The molecule has 0 bridgehead atoms. The van der Waals surface area contributed by atoms with Crippen LogP contribution in [0.3, 0.4) is 0 Å². The Morgan fingerprint density at radius 1 is 1.14 bits per heavy atom. The van der Waals surface area contributed by atoms with Crippen LogP contribution in [0.1, 0.15) is 15.9 Å². The molecule has 0 aliphatic carbocycles. The van der Waals surface area contributed by atoms with Crippen molar-refractivity contribution in [1.82, 2.24) is 0 Å². The van der Waals surface area contributed by atoms with Gasteiger partial charge in [-0.15, -0.1) is 0 Å². The van der Waals surface area contributed by atoms with E-state index < -0.39 is 34.7 Å². The molecule has 0 spiro atoms. The van der Waals surface area contributed by atoms with Crippen LogP contribution < -0.4 is 5.73 Å². The third-order valence-corrected chi connectivity index (χ3v) is 3.03. The van der Waals surface area contributed by atoms with Crippen molar-refractivity contribution in [3.63, 3.8) is 0 Å². The van der Waals surface area contributed by atoms with E-state index in [9.17, 15) is 18.0 Å². The van der Waals surface area contributed by atoms with Crippen LogP contribution in [0.25, 0.3) is 0 Å². The summed E-state index contributed by atoms with van der Waals surface area (Å²) in [6.45, 7) is -0.302. The van der Waals surface area contributed by atoms with Gasteiger partial charge in [0.1, 0.15) is 24.1 Å². The SMILES string of the molecule is Nc1cc(F)c(C(=O)OCc2ccc(F)cc2Cl)cc1F. The molecule has 0 amide bonds. The number of rotatable bonds is 3. The molecular formula is C14H9ClF3NO2. The van der Waals surface area contributed by atoms with E-state index >= 15 is 0 Å². The predicted molar refractivity (Wildman–Crippen MR) is 71.3 cm³/mol. The zero-order valence-corrected chi connectivity index (χ0v) is 11.3. The minimum absolute atomic E-state index is 0.0618. The molecule has 2 aromatic rings. The normalized spacial score (nSPS) is 10.5. The Kier molecular flexibility index (Phi) is 4.37. The van der Waals surface area contributed by atoms with Gasteiger partial charge in [0.2, 0.25) is 0 Å². The molecule has 2 aromatic carbocycles. The summed E-state index contributed by atoms with van der Waals surface area (Å²) >= 11 is 5.75. The quantitative estimate of drug-likeness (QED) is 0.694. The van der Waals surface area contributed by atoms with Crippen LogP contribution in [-0.2, 0) is 11.3 Å². The second-order valence-corrected chi connectivity index (χ2v) is 4.57. The van der Waals surface area contributed by atoms with Crippen molar-refractivity contribution in [3.8, 4) is 0 Å². The lowest BCUT2D eigenvalue weighted by atomic mass is 10.2. The third-order valence-electron chi connectivity index (χ3n) is 2.68. The Morgan fingerprint density at radius 2 is 1.86 bits per heavy atom. The standard InChI is InChI=1S/C14H9ClF3NO2/c15-10-3-8(16)2-1-7(10)6-21-14(20)9-4-12(18)13(19)5-11(9)17/h1-5H,6,19H2. The molecule has 0 aliphatic heterocycles. The first-order chi connectivity index (χ1) is 9.88. The maximum atomic E-state index is 13.5. The Morgan fingerprint density at radius 3 is 2.52 bits per heavy atom. The third kappa shape index (κ3) is 3.46. The van der Waals surface area contributed by atoms with Gasteiger partial charge in [-0.3, -0.25) is 0 Å². The first kappa shape index (κ1) is 15.2. The molecule has 0 aliphatic rings. The Hall–Kier alpha value is -2.21. The van der Waals surface area contributed by atoms with Gasteiger partial charge in [0.05, 0.1) is 16.3 Å². The number of ether oxygens (including phenoxy) is 1. The molecule has 0 atom stereocenters. The Balaban J connectivity index is 2.13. The van der Waals surface area contributed by atoms with Gasteiger partial charge in [-0.2, -0.15) is 0 Å². The van der Waals surface area contributed by atoms with Gasteiger partial charge in [-0.05, 0) is 18.2 Å². The molecule has 2 N–H and O–H groups in total. The summed E-state index contributed by atoms with van der Waals surface area (Å²) in [5, 5.41) is 0.0618. The van der Waals surface area contributed by atoms with E-state index in [0.29, 0.717) is 17.7 Å². The predicted octanol–water partition coefficient (Wildman–Crippen LogP) is 3.70. The second kappa shape index (κ2) is 6.05. The number of nitrogen functional groups attached to an aromatic ring is 1. The van der Waals surface area contributed by atoms with E-state index in [4.69, 9.17) is 22.1 Å². The number of carbonyl (C=O) groups is 1. The molecule has 0 unspecified atom stereocenters. The fraction of sp³-hybridized carbons (Fsp3) is 0.0714. The highest BCUT2D eigenvalue weighted by atomic mass is 35.5. The molecule has 21 heavy (non-hydrogen) atoms. The van der Waals surface area contributed by atoms with E-state index in [1.165, 1.54) is 6.07 Å². The molecule has 0 fully saturated rings. The number of hydrogen-bond acceptors (Lipinski definition) is 3. The van der Waals surface area contributed by atoms with Gasteiger partial charge in [-0.1, -0.05) is 17.7 Å². The van der Waals surface area contributed by atoms with E-state index in [1.54, 1.807) is 0 Å². The molecule has 7 heteroatoms. The highest BCUT2D eigenvalue weighted by Crippen LogP contribution is 2.20. The van der Waals surface area contributed by atoms with Crippen molar-refractivity contribution >= 4 is 23.3 Å². The number of halogens is 4. The summed E-state index contributed by atoms with van der Waals surface area (Å²) in [6.07, 6.45) is 0. The van der Waals surface area contributed by atoms with Crippen molar-refractivity contribution in [2.24, 2.45) is 0 Å².